The van der Waals surface area contributed by atoms with Crippen molar-refractivity contribution in [3.8, 4) is 11.8 Å². The number of piperidine rings is 1. The number of anilines is 1. The first-order valence-corrected chi connectivity index (χ1v) is 17.0. The summed E-state index contributed by atoms with van der Waals surface area (Å²) in [4.78, 5) is 39.2. The SMILES string of the molecule is COC(=O)c1ccc(/C=c2/s/c(=C(\C#N)C(=O)Nc3cccc(S(=O)(=O)N4CCCCC4)c3)n(-c3ccc(Cl)c(Cl)c3)c2=O)cc1. The molecular formula is C32H26Cl2N4O6S2. The number of sulfonamides is 1. The molecule has 46 heavy (non-hydrogen) atoms. The fraction of sp³-hybridized carbons (Fsp3) is 0.188. The molecule has 236 valence electrons. The Morgan fingerprint density at radius 1 is 1.00 bits per heavy atom. The van der Waals surface area contributed by atoms with Gasteiger partial charge in [-0.2, -0.15) is 9.57 Å². The zero-order valence-electron chi connectivity index (χ0n) is 24.3. The summed E-state index contributed by atoms with van der Waals surface area (Å²) in [6.07, 6.45) is 4.07. The van der Waals surface area contributed by atoms with Crippen molar-refractivity contribution in [2.45, 2.75) is 24.2 Å². The van der Waals surface area contributed by atoms with Crippen LogP contribution in [0.2, 0.25) is 10.0 Å². The summed E-state index contributed by atoms with van der Waals surface area (Å²) in [7, 11) is -2.50. The summed E-state index contributed by atoms with van der Waals surface area (Å²) in [6.45, 7) is 0.843. The number of nitrogens with one attached hydrogen (secondary N) is 1. The number of carbonyl (C=O) groups excluding carboxylic acids is 2. The normalized spacial score (nSPS) is 14.8. The molecular weight excluding hydrogens is 671 g/mol. The molecule has 1 amide bonds. The minimum Gasteiger partial charge on any atom is -0.465 e. The highest BCUT2D eigenvalue weighted by Gasteiger charge is 2.26. The van der Waals surface area contributed by atoms with Crippen LogP contribution in [-0.4, -0.2) is 49.4 Å². The zero-order valence-corrected chi connectivity index (χ0v) is 27.5. The fourth-order valence-electron chi connectivity index (χ4n) is 4.87. The third kappa shape index (κ3) is 6.94. The highest BCUT2D eigenvalue weighted by Crippen LogP contribution is 2.25. The third-order valence-corrected chi connectivity index (χ3v) is 10.9. The summed E-state index contributed by atoms with van der Waals surface area (Å²) in [6, 6.07) is 18.5. The lowest BCUT2D eigenvalue weighted by Gasteiger charge is -2.26. The quantitative estimate of drug-likeness (QED) is 0.284. The number of halogens is 2. The van der Waals surface area contributed by atoms with Gasteiger partial charge >= 0.3 is 5.97 Å². The molecule has 0 unspecified atom stereocenters. The first-order chi connectivity index (χ1) is 22.0. The molecule has 4 aromatic rings. The Labute approximate surface area is 278 Å². The van der Waals surface area contributed by atoms with Crippen LogP contribution < -0.4 is 20.1 Å². The molecule has 2 heterocycles. The van der Waals surface area contributed by atoms with Gasteiger partial charge in [-0.25, -0.2) is 13.2 Å². The van der Waals surface area contributed by atoms with Gasteiger partial charge in [0.25, 0.3) is 11.5 Å². The topological polar surface area (TPSA) is 139 Å². The Morgan fingerprint density at radius 3 is 2.37 bits per heavy atom. The number of aromatic nitrogens is 1. The predicted molar refractivity (Wildman–Crippen MR) is 177 cm³/mol. The van der Waals surface area contributed by atoms with Crippen LogP contribution in [0.25, 0.3) is 17.3 Å². The van der Waals surface area contributed by atoms with Crippen LogP contribution in [0.15, 0.2) is 76.4 Å². The van der Waals surface area contributed by atoms with Crippen molar-refractivity contribution in [2.75, 3.05) is 25.5 Å². The van der Waals surface area contributed by atoms with Crippen molar-refractivity contribution < 1.29 is 22.7 Å². The smallest absolute Gasteiger partial charge is 0.337 e. The third-order valence-electron chi connectivity index (χ3n) is 7.21. The van der Waals surface area contributed by atoms with Gasteiger partial charge in [0.15, 0.2) is 5.57 Å². The number of hydrogen-bond donors (Lipinski definition) is 1. The number of benzene rings is 3. The lowest BCUT2D eigenvalue weighted by molar-refractivity contribution is -0.111. The van der Waals surface area contributed by atoms with Gasteiger partial charge in [0.1, 0.15) is 10.7 Å². The van der Waals surface area contributed by atoms with Crippen LogP contribution in [0.4, 0.5) is 5.69 Å². The molecule has 1 N–H and O–H groups in total. The molecule has 3 aromatic carbocycles. The van der Waals surface area contributed by atoms with E-state index < -0.39 is 33.0 Å². The molecule has 1 aliphatic rings. The number of ether oxygens (including phenoxy) is 1. The summed E-state index contributed by atoms with van der Waals surface area (Å²) < 4.78 is 34.0. The van der Waals surface area contributed by atoms with Crippen LogP contribution in [0.5, 0.6) is 0 Å². The number of nitrogens with zero attached hydrogens (tertiary/aromatic N) is 3. The van der Waals surface area contributed by atoms with Crippen LogP contribution in [0.1, 0.15) is 35.2 Å². The Hall–Kier alpha value is -4.25. The number of esters is 1. The van der Waals surface area contributed by atoms with E-state index in [0.717, 1.165) is 30.6 Å². The second-order valence-electron chi connectivity index (χ2n) is 10.2. The molecule has 0 aliphatic carbocycles. The number of amides is 1. The van der Waals surface area contributed by atoms with E-state index in [-0.39, 0.29) is 35.5 Å². The van der Waals surface area contributed by atoms with Crippen molar-refractivity contribution in [1.29, 1.82) is 5.26 Å². The highest BCUT2D eigenvalue weighted by molar-refractivity contribution is 7.89. The van der Waals surface area contributed by atoms with Gasteiger partial charge in [-0.1, -0.05) is 47.8 Å². The van der Waals surface area contributed by atoms with E-state index in [0.29, 0.717) is 24.2 Å². The van der Waals surface area contributed by atoms with Gasteiger partial charge in [0.2, 0.25) is 10.0 Å². The Morgan fingerprint density at radius 2 is 1.72 bits per heavy atom. The molecule has 1 aliphatic heterocycles. The van der Waals surface area contributed by atoms with Crippen LogP contribution in [0, 0.1) is 11.3 Å². The van der Waals surface area contributed by atoms with Gasteiger partial charge in [-0.3, -0.25) is 14.2 Å². The van der Waals surface area contributed by atoms with Gasteiger partial charge in [0, 0.05) is 18.8 Å². The van der Waals surface area contributed by atoms with Gasteiger partial charge in [-0.05, 0) is 73.0 Å². The number of thiazole rings is 1. The number of nitriles is 1. The van der Waals surface area contributed by atoms with E-state index >= 15 is 0 Å². The van der Waals surface area contributed by atoms with E-state index in [2.05, 4.69) is 5.32 Å². The van der Waals surface area contributed by atoms with Crippen molar-refractivity contribution >= 4 is 73.8 Å². The lowest BCUT2D eigenvalue weighted by Crippen LogP contribution is -2.35. The van der Waals surface area contributed by atoms with Crippen molar-refractivity contribution in [2.24, 2.45) is 0 Å². The van der Waals surface area contributed by atoms with Crippen LogP contribution >= 0.6 is 34.5 Å². The standard InChI is InChI=1S/C32H26Cl2N4O6S2/c1-44-32(41)21-10-8-20(9-11-21)16-28-30(40)38(23-12-13-26(33)27(34)18-23)31(45-28)25(19-35)29(39)36-22-6-5-7-24(17-22)46(42,43)37-14-3-2-4-15-37/h5-13,16-18H,2-4,14-15H2,1H3,(H,36,39)/b28-16+,31-25+. The molecule has 0 atom stereocenters. The van der Waals surface area contributed by atoms with Crippen molar-refractivity contribution in [1.82, 2.24) is 8.87 Å². The van der Waals surface area contributed by atoms with Crippen molar-refractivity contribution in [3.05, 3.63) is 107 Å². The number of rotatable bonds is 7. The number of methoxy groups -OCH3 is 1. The molecule has 0 radical (unpaired) electrons. The summed E-state index contributed by atoms with van der Waals surface area (Å²) in [5.74, 6) is -1.36. The van der Waals surface area contributed by atoms with Gasteiger partial charge < -0.3 is 10.1 Å². The Bertz CT molecular complexity index is 2170. The molecule has 0 bridgehead atoms. The van der Waals surface area contributed by atoms with E-state index in [1.165, 1.54) is 58.4 Å². The van der Waals surface area contributed by atoms with Crippen LogP contribution in [-0.2, 0) is 19.6 Å². The number of hydrogen-bond acceptors (Lipinski definition) is 8. The Kier molecular flexibility index (Phi) is 10.1. The number of carbonyl (C=O) groups is 2. The maximum absolute atomic E-state index is 13.8. The minimum atomic E-state index is -3.78. The highest BCUT2D eigenvalue weighted by atomic mass is 35.5. The van der Waals surface area contributed by atoms with E-state index in [1.807, 2.05) is 6.07 Å². The Balaban J connectivity index is 1.60. The van der Waals surface area contributed by atoms with Gasteiger partial charge in [-0.15, -0.1) is 11.3 Å². The minimum absolute atomic E-state index is 0.0120. The zero-order chi connectivity index (χ0) is 33.0. The molecule has 0 spiro atoms. The summed E-state index contributed by atoms with van der Waals surface area (Å²) in [5, 5.41) is 13.2. The average Bonchev–Trinajstić information content (AvgIpc) is 3.37. The molecule has 1 fully saturated rings. The van der Waals surface area contributed by atoms with Gasteiger partial charge in [0.05, 0.1) is 37.8 Å². The first kappa shape index (κ1) is 33.1. The van der Waals surface area contributed by atoms with Crippen LogP contribution in [0.3, 0.4) is 0 Å². The second-order valence-corrected chi connectivity index (χ2v) is 14.0. The van der Waals surface area contributed by atoms with E-state index in [9.17, 15) is 28.1 Å². The molecule has 5 rings (SSSR count). The largest absolute Gasteiger partial charge is 0.465 e. The molecule has 10 nitrogen and oxygen atoms in total. The van der Waals surface area contributed by atoms with E-state index in [4.69, 9.17) is 27.9 Å². The maximum Gasteiger partial charge on any atom is 0.337 e. The molecule has 0 saturated carbocycles. The predicted octanol–water partition coefficient (Wildman–Crippen LogP) is 4.31. The summed E-state index contributed by atoms with van der Waals surface area (Å²) >= 11 is 13.3. The van der Waals surface area contributed by atoms with Crippen molar-refractivity contribution in [3.63, 3.8) is 0 Å². The maximum atomic E-state index is 13.8. The monoisotopic (exact) mass is 696 g/mol. The summed E-state index contributed by atoms with van der Waals surface area (Å²) in [5.41, 5.74) is 0.399. The molecule has 1 saturated heterocycles. The molecule has 14 heteroatoms. The lowest BCUT2D eigenvalue weighted by atomic mass is 10.1. The fourth-order valence-corrected chi connectivity index (χ4v) is 7.83. The molecule has 1 aromatic heterocycles. The second kappa shape index (κ2) is 14.0. The first-order valence-electron chi connectivity index (χ1n) is 14.0. The average molecular weight is 698 g/mol. The van der Waals surface area contributed by atoms with E-state index in [1.54, 1.807) is 30.3 Å².